The molecule has 4 N–H and O–H groups in total. The van der Waals surface area contributed by atoms with Crippen molar-refractivity contribution in [2.45, 2.75) is 48.6 Å². The van der Waals surface area contributed by atoms with Gasteiger partial charge in [0.15, 0.2) is 23.0 Å². The maximum atomic E-state index is 13.2. The van der Waals surface area contributed by atoms with Crippen molar-refractivity contribution in [1.29, 1.82) is 0 Å². The number of benzene rings is 6. The predicted molar refractivity (Wildman–Crippen MR) is 271 cm³/mol. The number of carboxylic acids is 1. The summed E-state index contributed by atoms with van der Waals surface area (Å²) in [5, 5.41) is 12.1. The Balaban J connectivity index is 0.000000365. The van der Waals surface area contributed by atoms with Gasteiger partial charge >= 0.3 is 30.8 Å². The number of sulfonamides is 2. The van der Waals surface area contributed by atoms with Crippen LogP contribution in [0.3, 0.4) is 0 Å². The molecule has 0 aliphatic carbocycles. The fourth-order valence-electron chi connectivity index (χ4n) is 7.57. The second-order valence-corrected chi connectivity index (χ2v) is 18.7. The number of rotatable bonds is 20. The molecule has 0 saturated carbocycles. The molecule has 0 aliphatic heterocycles. The molecule has 0 heterocycles. The molecule has 6 rings (SSSR count). The largest absolute Gasteiger partial charge is 1.00 e. The van der Waals surface area contributed by atoms with Gasteiger partial charge in [-0.2, -0.15) is 0 Å². The molecule has 6 aromatic rings. The number of anilines is 4. The van der Waals surface area contributed by atoms with Gasteiger partial charge in [-0.05, 0) is 62.4 Å². The number of hydrogen-bond donors (Lipinski definition) is 3. The van der Waals surface area contributed by atoms with Crippen molar-refractivity contribution < 1.29 is 79.6 Å². The third-order valence-corrected chi connectivity index (χ3v) is 13.7. The molecule has 0 aliphatic rings. The molecule has 0 radical (unpaired) electrons. The van der Waals surface area contributed by atoms with Gasteiger partial charge in [0, 0.05) is 57.1 Å². The van der Waals surface area contributed by atoms with Gasteiger partial charge in [-0.25, -0.2) is 16.8 Å². The SMILES string of the molecule is C#CCN(c1ccc(NS(=O)(=O)c2ccc(OC)c(OC)c2)c2ccccc12)[C@@H](C)CC(=O)O.C#CCN(c1ccc(NS(=O)(=O)c2ccc(OC)c(OC)c2)c2ccccc12)[C@@H](C)CC(=O)OC.[Li+].[OH-]. The third-order valence-electron chi connectivity index (χ3n) is 11.0. The van der Waals surface area contributed by atoms with Crippen molar-refractivity contribution in [2.24, 2.45) is 0 Å². The summed E-state index contributed by atoms with van der Waals surface area (Å²) in [6.45, 7) is 4.14. The molecule has 0 saturated heterocycles. The van der Waals surface area contributed by atoms with E-state index >= 15 is 0 Å². The van der Waals surface area contributed by atoms with Gasteiger partial charge in [0.1, 0.15) is 0 Å². The van der Waals surface area contributed by atoms with Crippen LogP contribution in [0.2, 0.25) is 0 Å². The molecule has 0 fully saturated rings. The number of aliphatic carboxylic acids is 1. The van der Waals surface area contributed by atoms with Crippen molar-refractivity contribution in [3.63, 3.8) is 0 Å². The Labute approximate surface area is 427 Å². The van der Waals surface area contributed by atoms with E-state index in [0.29, 0.717) is 45.1 Å². The number of ether oxygens (including phenoxy) is 5. The Hall–Kier alpha value is -7.24. The predicted octanol–water partition coefficient (Wildman–Crippen LogP) is 4.84. The van der Waals surface area contributed by atoms with Gasteiger partial charge in [-0.15, -0.1) is 12.8 Å². The number of methoxy groups -OCH3 is 5. The number of carbonyl (C=O) groups excluding carboxylic acids is 1. The van der Waals surface area contributed by atoms with Gasteiger partial charge in [-0.3, -0.25) is 19.0 Å². The van der Waals surface area contributed by atoms with Gasteiger partial charge in [-0.1, -0.05) is 60.4 Å². The van der Waals surface area contributed by atoms with E-state index in [1.54, 1.807) is 43.3 Å². The standard InChI is InChI=1S/C26H28N2O6S.C25H26N2O6S.Li.H2O/c1-6-15-28(18(2)16-26(29)34-5)23-13-12-22(20-9-7-8-10-21(20)23)27-35(30,31)19-11-14-24(32-3)25(17-19)33-4;1-5-14-27(17(2)15-25(28)29)22-12-11-21(19-8-6-7-9-20(19)22)26-34(30,31)18-10-13-23(32-3)24(16-18)33-4;;/h1,7-14,17-18,27H,15-16H2,2-5H3;1,6-13,16-17,26H,14-15H2,2-4H3,(H,28,29);;1H2/q;;+1;/p-1/t18-;17-;;/m00../s1. The summed E-state index contributed by atoms with van der Waals surface area (Å²) in [7, 11) is -0.715. The maximum Gasteiger partial charge on any atom is 1.00 e. The summed E-state index contributed by atoms with van der Waals surface area (Å²) in [5.74, 6) is 5.38. The van der Waals surface area contributed by atoms with Crippen LogP contribution in [0.15, 0.2) is 119 Å². The van der Waals surface area contributed by atoms with Crippen molar-refractivity contribution in [3.8, 4) is 47.7 Å². The Kier molecular flexibility index (Phi) is 21.4. The fourth-order valence-corrected chi connectivity index (χ4v) is 9.76. The number of fused-ring (bicyclic) bond motifs is 2. The van der Waals surface area contributed by atoms with E-state index in [9.17, 15) is 31.5 Å². The molecular formula is C51H55LiN4O13S2. The summed E-state index contributed by atoms with van der Waals surface area (Å²) >= 11 is 0. The summed E-state index contributed by atoms with van der Waals surface area (Å²) in [5.41, 5.74) is 2.28. The van der Waals surface area contributed by atoms with Crippen LogP contribution in [-0.2, 0) is 34.4 Å². The molecule has 0 unspecified atom stereocenters. The van der Waals surface area contributed by atoms with Crippen molar-refractivity contribution in [3.05, 3.63) is 109 Å². The second kappa shape index (κ2) is 26.1. The quantitative estimate of drug-likeness (QED) is 0.0528. The van der Waals surface area contributed by atoms with E-state index in [4.69, 9.17) is 36.5 Å². The molecule has 17 nitrogen and oxygen atoms in total. The first-order chi connectivity index (χ1) is 33.0. The van der Waals surface area contributed by atoms with E-state index in [2.05, 4.69) is 21.3 Å². The minimum absolute atomic E-state index is 0. The summed E-state index contributed by atoms with van der Waals surface area (Å²) in [6.07, 6.45) is 11.2. The van der Waals surface area contributed by atoms with Crippen LogP contribution in [0.5, 0.6) is 23.0 Å². The number of hydrogen-bond acceptors (Lipinski definition) is 14. The monoisotopic (exact) mass is 1000 g/mol. The molecular weight excluding hydrogens is 948 g/mol. The van der Waals surface area contributed by atoms with Crippen LogP contribution in [0.25, 0.3) is 21.5 Å². The minimum Gasteiger partial charge on any atom is -0.870 e. The van der Waals surface area contributed by atoms with Crippen molar-refractivity contribution in [2.75, 3.05) is 67.9 Å². The Bertz CT molecular complexity index is 3140. The number of nitrogens with one attached hydrogen (secondary N) is 2. The summed E-state index contributed by atoms with van der Waals surface area (Å²) < 4.78 is 83.7. The first kappa shape index (κ1) is 58.1. The maximum absolute atomic E-state index is 13.2. The number of terminal acetylenes is 2. The topological polar surface area (TPSA) is 229 Å². The van der Waals surface area contributed by atoms with Crippen LogP contribution in [0, 0.1) is 24.7 Å². The van der Waals surface area contributed by atoms with Gasteiger partial charge < -0.3 is 44.1 Å². The third kappa shape index (κ3) is 14.0. The summed E-state index contributed by atoms with van der Waals surface area (Å²) in [6, 6.07) is 29.6. The van der Waals surface area contributed by atoms with E-state index in [1.165, 1.54) is 71.9 Å². The molecule has 0 bridgehead atoms. The van der Waals surface area contributed by atoms with Crippen LogP contribution >= 0.6 is 0 Å². The van der Waals surface area contributed by atoms with Gasteiger partial charge in [0.2, 0.25) is 0 Å². The smallest absolute Gasteiger partial charge is 0.870 e. The van der Waals surface area contributed by atoms with Crippen LogP contribution < -0.4 is 57.1 Å². The number of nitrogens with zero attached hydrogens (tertiary/aromatic N) is 2. The Morgan fingerprint density at radius 3 is 1.28 bits per heavy atom. The average Bonchev–Trinajstić information content (AvgIpc) is 3.34. The van der Waals surface area contributed by atoms with Crippen molar-refractivity contribution in [1.82, 2.24) is 0 Å². The first-order valence-corrected chi connectivity index (χ1v) is 24.2. The molecule has 6 aromatic carbocycles. The van der Waals surface area contributed by atoms with Crippen LogP contribution in [-0.4, -0.2) is 100 Å². The minimum atomic E-state index is -3.95. The fraction of sp³-hybridized carbons (Fsp3) is 0.255. The molecule has 0 aromatic heterocycles. The zero-order chi connectivity index (χ0) is 50.5. The number of esters is 1. The first-order valence-electron chi connectivity index (χ1n) is 21.2. The summed E-state index contributed by atoms with van der Waals surface area (Å²) in [4.78, 5) is 26.9. The number of carbonyl (C=O) groups is 2. The van der Waals surface area contributed by atoms with Crippen LogP contribution in [0.1, 0.15) is 26.7 Å². The van der Waals surface area contributed by atoms with E-state index < -0.39 is 26.0 Å². The average molecular weight is 1000 g/mol. The normalized spacial score (nSPS) is 11.6. The van der Waals surface area contributed by atoms with Crippen LogP contribution in [0.4, 0.5) is 22.7 Å². The zero-order valence-electron chi connectivity index (χ0n) is 40.6. The molecule has 0 spiro atoms. The second-order valence-electron chi connectivity index (χ2n) is 15.3. The molecule has 71 heavy (non-hydrogen) atoms. The van der Waals surface area contributed by atoms with Crippen molar-refractivity contribution >= 4 is 76.3 Å². The Morgan fingerprint density at radius 2 is 0.944 bits per heavy atom. The zero-order valence-corrected chi connectivity index (χ0v) is 42.3. The van der Waals surface area contributed by atoms with Gasteiger partial charge in [0.05, 0.1) is 82.6 Å². The van der Waals surface area contributed by atoms with E-state index in [1.807, 2.05) is 53.1 Å². The molecule has 2 atom stereocenters. The molecule has 370 valence electrons. The Morgan fingerprint density at radius 1 is 0.577 bits per heavy atom. The molecule has 0 amide bonds. The van der Waals surface area contributed by atoms with Gasteiger partial charge in [0.25, 0.3) is 20.0 Å². The van der Waals surface area contributed by atoms with E-state index in [-0.39, 0.29) is 78.1 Å². The van der Waals surface area contributed by atoms with E-state index in [0.717, 1.165) is 22.1 Å². The molecule has 20 heteroatoms. The number of carboxylic acid groups (broad SMARTS) is 1.